The molecule has 0 aromatic heterocycles. The zero-order valence-electron chi connectivity index (χ0n) is 11.8. The Labute approximate surface area is 133 Å². The average molecular weight is 328 g/mol. The standard InChI is InChI=1S/C15H8N2O7/c16-12-9(24-15(20)21)5-8(17(22)23)10-11(12)14(19)7-4-2-1-3-6(7)13(10)18/h1-5H,16H2,(H,20,21). The molecule has 0 saturated carbocycles. The maximum absolute atomic E-state index is 12.6. The lowest BCUT2D eigenvalue weighted by atomic mass is 9.82. The molecule has 120 valence electrons. The Morgan fingerprint density at radius 2 is 1.67 bits per heavy atom. The minimum Gasteiger partial charge on any atom is -0.449 e. The van der Waals surface area contributed by atoms with Crippen LogP contribution in [0.15, 0.2) is 30.3 Å². The number of nitrogen functional groups attached to an aromatic ring is 1. The predicted molar refractivity (Wildman–Crippen MR) is 79.5 cm³/mol. The van der Waals surface area contributed by atoms with Gasteiger partial charge in [-0.2, -0.15) is 0 Å². The van der Waals surface area contributed by atoms with Crippen molar-refractivity contribution in [3.8, 4) is 5.75 Å². The molecule has 0 amide bonds. The summed E-state index contributed by atoms with van der Waals surface area (Å²) in [7, 11) is 0. The molecule has 0 aliphatic heterocycles. The Bertz CT molecular complexity index is 949. The van der Waals surface area contributed by atoms with Crippen molar-refractivity contribution >= 4 is 29.1 Å². The molecule has 0 spiro atoms. The fourth-order valence-electron chi connectivity index (χ4n) is 2.60. The molecular formula is C15H8N2O7. The van der Waals surface area contributed by atoms with Crippen LogP contribution in [0.5, 0.6) is 5.75 Å². The molecule has 9 nitrogen and oxygen atoms in total. The second-order valence-electron chi connectivity index (χ2n) is 4.89. The Balaban J connectivity index is 2.38. The topological polar surface area (TPSA) is 150 Å². The molecule has 0 unspecified atom stereocenters. The summed E-state index contributed by atoms with van der Waals surface area (Å²) in [6, 6.07) is 6.53. The first-order chi connectivity index (χ1) is 11.3. The highest BCUT2D eigenvalue weighted by Crippen LogP contribution is 2.41. The summed E-state index contributed by atoms with van der Waals surface area (Å²) in [6.07, 6.45) is -1.76. The van der Waals surface area contributed by atoms with E-state index in [1.807, 2.05) is 0 Å². The van der Waals surface area contributed by atoms with Crippen molar-refractivity contribution in [1.82, 2.24) is 0 Å². The summed E-state index contributed by atoms with van der Waals surface area (Å²) in [6.45, 7) is 0. The third-order valence-electron chi connectivity index (χ3n) is 3.57. The molecule has 0 radical (unpaired) electrons. The summed E-state index contributed by atoms with van der Waals surface area (Å²) >= 11 is 0. The highest BCUT2D eigenvalue weighted by Gasteiger charge is 2.39. The van der Waals surface area contributed by atoms with Crippen LogP contribution in [0.1, 0.15) is 31.8 Å². The van der Waals surface area contributed by atoms with Crippen LogP contribution in [0, 0.1) is 10.1 Å². The lowest BCUT2D eigenvalue weighted by molar-refractivity contribution is -0.385. The smallest absolute Gasteiger partial charge is 0.449 e. The molecule has 1 aliphatic carbocycles. The van der Waals surface area contributed by atoms with E-state index in [0.29, 0.717) is 0 Å². The van der Waals surface area contributed by atoms with Crippen molar-refractivity contribution < 1.29 is 29.2 Å². The zero-order valence-corrected chi connectivity index (χ0v) is 11.8. The van der Waals surface area contributed by atoms with Crippen molar-refractivity contribution in [3.63, 3.8) is 0 Å². The number of hydrogen-bond donors (Lipinski definition) is 2. The molecular weight excluding hydrogens is 320 g/mol. The number of fused-ring (bicyclic) bond motifs is 2. The largest absolute Gasteiger partial charge is 0.511 e. The molecule has 3 N–H and O–H groups in total. The number of carbonyl (C=O) groups excluding carboxylic acids is 2. The molecule has 0 saturated heterocycles. The van der Waals surface area contributed by atoms with E-state index in [1.165, 1.54) is 24.3 Å². The normalized spacial score (nSPS) is 12.3. The van der Waals surface area contributed by atoms with Gasteiger partial charge in [-0.15, -0.1) is 0 Å². The molecule has 0 atom stereocenters. The molecule has 0 heterocycles. The van der Waals surface area contributed by atoms with Gasteiger partial charge in [0.1, 0.15) is 5.56 Å². The van der Waals surface area contributed by atoms with Crippen LogP contribution in [0.4, 0.5) is 16.2 Å². The third-order valence-corrected chi connectivity index (χ3v) is 3.57. The van der Waals surface area contributed by atoms with Gasteiger partial charge in [0.05, 0.1) is 22.2 Å². The summed E-state index contributed by atoms with van der Waals surface area (Å²) in [4.78, 5) is 46.3. The number of hydrogen-bond acceptors (Lipinski definition) is 7. The van der Waals surface area contributed by atoms with Gasteiger partial charge in [-0.05, 0) is 0 Å². The lowest BCUT2D eigenvalue weighted by Crippen LogP contribution is -2.24. The van der Waals surface area contributed by atoms with Crippen molar-refractivity contribution in [2.75, 3.05) is 5.73 Å². The second kappa shape index (κ2) is 5.16. The van der Waals surface area contributed by atoms with Crippen LogP contribution >= 0.6 is 0 Å². The van der Waals surface area contributed by atoms with E-state index in [2.05, 4.69) is 4.74 Å². The first-order valence-corrected chi connectivity index (χ1v) is 6.53. The molecule has 3 rings (SSSR count). The number of carbonyl (C=O) groups is 3. The molecule has 0 fully saturated rings. The number of benzene rings is 2. The van der Waals surface area contributed by atoms with E-state index in [4.69, 9.17) is 10.8 Å². The SMILES string of the molecule is Nc1c(OC(=O)O)cc([N+](=O)[O-])c2c1C(=O)c1ccccc1C2=O. The quantitative estimate of drug-likeness (QED) is 0.238. The van der Waals surface area contributed by atoms with Gasteiger partial charge in [0.15, 0.2) is 11.5 Å². The van der Waals surface area contributed by atoms with Crippen molar-refractivity contribution in [1.29, 1.82) is 0 Å². The minimum absolute atomic E-state index is 0.0180. The van der Waals surface area contributed by atoms with E-state index in [1.54, 1.807) is 0 Å². The number of rotatable bonds is 2. The van der Waals surface area contributed by atoms with Gasteiger partial charge >= 0.3 is 6.16 Å². The fraction of sp³-hybridized carbons (Fsp3) is 0. The summed E-state index contributed by atoms with van der Waals surface area (Å²) < 4.78 is 4.40. The number of anilines is 1. The van der Waals surface area contributed by atoms with Crippen LogP contribution in [0.25, 0.3) is 0 Å². The molecule has 1 aliphatic rings. The Morgan fingerprint density at radius 1 is 1.12 bits per heavy atom. The van der Waals surface area contributed by atoms with Crippen LogP contribution < -0.4 is 10.5 Å². The zero-order chi connectivity index (χ0) is 17.6. The Kier molecular flexibility index (Phi) is 3.26. The monoisotopic (exact) mass is 328 g/mol. The van der Waals surface area contributed by atoms with Crippen molar-refractivity contribution in [2.45, 2.75) is 0 Å². The van der Waals surface area contributed by atoms with Gasteiger partial charge in [-0.3, -0.25) is 19.7 Å². The number of carboxylic acid groups (broad SMARTS) is 1. The van der Waals surface area contributed by atoms with Crippen molar-refractivity contribution in [3.05, 3.63) is 62.7 Å². The molecule has 9 heteroatoms. The van der Waals surface area contributed by atoms with E-state index >= 15 is 0 Å². The van der Waals surface area contributed by atoms with Gasteiger partial charge < -0.3 is 15.6 Å². The molecule has 24 heavy (non-hydrogen) atoms. The Morgan fingerprint density at radius 3 is 2.17 bits per heavy atom. The number of ether oxygens (including phenoxy) is 1. The third kappa shape index (κ3) is 2.07. The predicted octanol–water partition coefficient (Wildman–Crippen LogP) is 2.01. The fourth-order valence-corrected chi connectivity index (χ4v) is 2.60. The van der Waals surface area contributed by atoms with Crippen LogP contribution in [0.3, 0.4) is 0 Å². The summed E-state index contributed by atoms with van der Waals surface area (Å²) in [5.74, 6) is -2.02. The van der Waals surface area contributed by atoms with Gasteiger partial charge in [0.25, 0.3) is 5.69 Å². The molecule has 2 aromatic carbocycles. The maximum atomic E-state index is 12.6. The number of ketones is 2. The number of nitrogens with zero attached hydrogens (tertiary/aromatic N) is 1. The van der Waals surface area contributed by atoms with Crippen molar-refractivity contribution in [2.24, 2.45) is 0 Å². The first-order valence-electron chi connectivity index (χ1n) is 6.53. The molecule has 2 aromatic rings. The summed E-state index contributed by atoms with van der Waals surface area (Å²) in [5, 5.41) is 20.0. The van der Waals surface area contributed by atoms with E-state index in [-0.39, 0.29) is 11.1 Å². The van der Waals surface area contributed by atoms with Gasteiger partial charge in [0.2, 0.25) is 5.78 Å². The van der Waals surface area contributed by atoms with Gasteiger partial charge in [-0.25, -0.2) is 4.79 Å². The lowest BCUT2D eigenvalue weighted by Gasteiger charge is -2.19. The van der Waals surface area contributed by atoms with Crippen LogP contribution in [-0.4, -0.2) is 27.8 Å². The average Bonchev–Trinajstić information content (AvgIpc) is 2.53. The maximum Gasteiger partial charge on any atom is 0.511 e. The minimum atomic E-state index is -1.76. The first kappa shape index (κ1) is 15.2. The second-order valence-corrected chi connectivity index (χ2v) is 4.89. The van der Waals surface area contributed by atoms with Crippen LogP contribution in [0.2, 0.25) is 0 Å². The van der Waals surface area contributed by atoms with Gasteiger partial charge in [0, 0.05) is 11.1 Å². The van der Waals surface area contributed by atoms with E-state index in [9.17, 15) is 24.5 Å². The number of nitrogens with two attached hydrogens (primary N) is 1. The van der Waals surface area contributed by atoms with Crippen LogP contribution in [-0.2, 0) is 0 Å². The highest BCUT2D eigenvalue weighted by molar-refractivity contribution is 6.31. The number of nitro benzene ring substituents is 1. The van der Waals surface area contributed by atoms with Gasteiger partial charge in [-0.1, -0.05) is 24.3 Å². The van der Waals surface area contributed by atoms with E-state index in [0.717, 1.165) is 6.07 Å². The highest BCUT2D eigenvalue weighted by atomic mass is 16.7. The molecule has 0 bridgehead atoms. The summed E-state index contributed by atoms with van der Waals surface area (Å²) in [5.41, 5.74) is 3.71. The number of nitro groups is 1. The van der Waals surface area contributed by atoms with E-state index < -0.39 is 50.9 Å². The Hall–Kier alpha value is -3.75.